The van der Waals surface area contributed by atoms with Crippen molar-refractivity contribution in [2.24, 2.45) is 5.73 Å². The fourth-order valence-corrected chi connectivity index (χ4v) is 2.95. The van der Waals surface area contributed by atoms with Gasteiger partial charge in [0.2, 0.25) is 5.91 Å². The third-order valence-electron chi connectivity index (χ3n) is 4.46. The van der Waals surface area contributed by atoms with E-state index < -0.39 is 11.6 Å². The maximum Gasteiger partial charge on any atom is 0.243 e. The molecule has 0 spiro atoms. The minimum atomic E-state index is -0.956. The lowest BCUT2D eigenvalue weighted by Crippen LogP contribution is -2.26. The van der Waals surface area contributed by atoms with Crippen LogP contribution in [0.3, 0.4) is 0 Å². The van der Waals surface area contributed by atoms with E-state index in [1.807, 2.05) is 25.1 Å². The number of amides is 1. The Hall–Kier alpha value is -1.80. The normalized spacial score (nSPS) is 14.9. The zero-order valence-corrected chi connectivity index (χ0v) is 18.2. The Morgan fingerprint density at radius 1 is 1.14 bits per heavy atom. The lowest BCUT2D eigenvalue weighted by molar-refractivity contribution is -0.114. The van der Waals surface area contributed by atoms with Crippen LogP contribution in [0.2, 0.25) is 0 Å². The number of carbonyl (C=O) groups excluding carboxylic acids is 1. The summed E-state index contributed by atoms with van der Waals surface area (Å²) >= 11 is 0. The Morgan fingerprint density at radius 2 is 1.86 bits per heavy atom. The molecule has 29 heavy (non-hydrogen) atoms. The molecule has 2 aromatic carbocycles. The van der Waals surface area contributed by atoms with Gasteiger partial charge in [-0.05, 0) is 43.2 Å². The van der Waals surface area contributed by atoms with Gasteiger partial charge < -0.3 is 21.3 Å². The van der Waals surface area contributed by atoms with E-state index in [-0.39, 0.29) is 55.7 Å². The molecule has 0 aromatic heterocycles. The van der Waals surface area contributed by atoms with E-state index in [0.29, 0.717) is 5.69 Å². The van der Waals surface area contributed by atoms with Crippen molar-refractivity contribution in [1.29, 1.82) is 0 Å². The number of anilines is 3. The Labute approximate surface area is 187 Å². The molecule has 4 N–H and O–H groups in total. The molecule has 2 aromatic rings. The number of hydrogen-bond donors (Lipinski definition) is 3. The van der Waals surface area contributed by atoms with Gasteiger partial charge in [-0.3, -0.25) is 4.79 Å². The van der Waals surface area contributed by atoms with E-state index in [0.717, 1.165) is 48.6 Å². The summed E-state index contributed by atoms with van der Waals surface area (Å²) in [6.45, 7) is 3.56. The van der Waals surface area contributed by atoms with Gasteiger partial charge in [0.1, 0.15) is 0 Å². The third kappa shape index (κ3) is 7.19. The van der Waals surface area contributed by atoms with Gasteiger partial charge in [-0.15, -0.1) is 37.2 Å². The van der Waals surface area contributed by atoms with Crippen LogP contribution in [-0.2, 0) is 4.79 Å². The van der Waals surface area contributed by atoms with Crippen LogP contribution in [-0.4, -0.2) is 31.6 Å². The maximum atomic E-state index is 13.2. The van der Waals surface area contributed by atoms with E-state index in [2.05, 4.69) is 15.5 Å². The highest BCUT2D eigenvalue weighted by molar-refractivity contribution is 5.95. The monoisotopic (exact) mass is 468 g/mol. The molecule has 1 fully saturated rings. The van der Waals surface area contributed by atoms with Gasteiger partial charge in [-0.25, -0.2) is 8.78 Å². The first-order chi connectivity index (χ1) is 12.4. The van der Waals surface area contributed by atoms with Crippen LogP contribution in [0.15, 0.2) is 36.4 Å². The summed E-state index contributed by atoms with van der Waals surface area (Å²) in [5, 5.41) is 5.64. The van der Waals surface area contributed by atoms with Gasteiger partial charge in [0.25, 0.3) is 0 Å². The van der Waals surface area contributed by atoms with Gasteiger partial charge in [0.15, 0.2) is 11.6 Å². The molecule has 1 unspecified atom stereocenters. The highest BCUT2D eigenvalue weighted by Gasteiger charge is 2.20. The first-order valence-corrected chi connectivity index (χ1v) is 8.52. The number of carbonyl (C=O) groups is 1. The van der Waals surface area contributed by atoms with Crippen LogP contribution in [0, 0.1) is 18.6 Å². The number of hydrogen-bond acceptors (Lipinski definition) is 4. The average molecular weight is 470 g/mol. The maximum absolute atomic E-state index is 13.2. The zero-order valence-electron chi connectivity index (χ0n) is 15.8. The molecule has 10 heteroatoms. The Bertz CT molecular complexity index is 826. The highest BCUT2D eigenvalue weighted by atomic mass is 35.5. The summed E-state index contributed by atoms with van der Waals surface area (Å²) in [6.07, 6.45) is 0.952. The van der Waals surface area contributed by atoms with Gasteiger partial charge in [0.05, 0.1) is 6.54 Å². The number of halogens is 5. The van der Waals surface area contributed by atoms with Crippen molar-refractivity contribution in [3.05, 3.63) is 53.6 Å². The molecule has 1 aliphatic heterocycles. The van der Waals surface area contributed by atoms with Crippen molar-refractivity contribution in [3.8, 4) is 0 Å². The van der Waals surface area contributed by atoms with E-state index >= 15 is 0 Å². The third-order valence-corrected chi connectivity index (χ3v) is 4.46. The second-order valence-corrected chi connectivity index (χ2v) is 6.52. The van der Waals surface area contributed by atoms with E-state index in [9.17, 15) is 13.6 Å². The van der Waals surface area contributed by atoms with Crippen LogP contribution >= 0.6 is 37.2 Å². The van der Waals surface area contributed by atoms with E-state index in [1.54, 1.807) is 0 Å². The molecule has 0 radical (unpaired) electrons. The highest BCUT2D eigenvalue weighted by Crippen LogP contribution is 2.26. The molecule has 1 aliphatic rings. The molecule has 1 heterocycles. The number of aryl methyl sites for hydroxylation is 1. The van der Waals surface area contributed by atoms with Crippen LogP contribution in [0.1, 0.15) is 12.0 Å². The number of benzene rings is 2. The van der Waals surface area contributed by atoms with Gasteiger partial charge in [0, 0.05) is 42.3 Å². The molecule has 0 saturated carbocycles. The number of nitrogens with two attached hydrogens (primary N) is 1. The summed E-state index contributed by atoms with van der Waals surface area (Å²) in [6, 6.07) is 9.50. The van der Waals surface area contributed by atoms with Crippen molar-refractivity contribution in [2.75, 3.05) is 35.2 Å². The molecule has 3 rings (SSSR count). The summed E-state index contributed by atoms with van der Waals surface area (Å²) < 4.78 is 26.1. The number of nitrogens with one attached hydrogen (secondary N) is 2. The average Bonchev–Trinajstić information content (AvgIpc) is 3.04. The fourth-order valence-electron chi connectivity index (χ4n) is 2.95. The minimum absolute atomic E-state index is 0. The molecular weight excluding hydrogens is 445 g/mol. The van der Waals surface area contributed by atoms with Crippen molar-refractivity contribution in [2.45, 2.75) is 19.4 Å². The first kappa shape index (κ1) is 27.2. The molecule has 0 bridgehead atoms. The first-order valence-electron chi connectivity index (χ1n) is 8.52. The Balaban J connectivity index is 0.00000261. The predicted molar refractivity (Wildman–Crippen MR) is 121 cm³/mol. The molecule has 1 saturated heterocycles. The second kappa shape index (κ2) is 12.0. The lowest BCUT2D eigenvalue weighted by Gasteiger charge is -2.20. The fraction of sp³-hybridized carbons (Fsp3) is 0.316. The van der Waals surface area contributed by atoms with Crippen molar-refractivity contribution >= 4 is 60.2 Å². The lowest BCUT2D eigenvalue weighted by atomic mass is 10.1. The molecular formula is C19H25Cl3F2N4O. The minimum Gasteiger partial charge on any atom is -0.376 e. The molecule has 162 valence electrons. The molecule has 5 nitrogen and oxygen atoms in total. The van der Waals surface area contributed by atoms with Gasteiger partial charge >= 0.3 is 0 Å². The Morgan fingerprint density at radius 3 is 2.48 bits per heavy atom. The van der Waals surface area contributed by atoms with Crippen molar-refractivity contribution < 1.29 is 13.6 Å². The summed E-state index contributed by atoms with van der Waals surface area (Å²) in [7, 11) is 0. The van der Waals surface area contributed by atoms with E-state index in [1.165, 1.54) is 6.07 Å². The van der Waals surface area contributed by atoms with Gasteiger partial charge in [-0.1, -0.05) is 6.07 Å². The van der Waals surface area contributed by atoms with Crippen LogP contribution in [0.25, 0.3) is 0 Å². The molecule has 1 amide bonds. The SMILES string of the molecule is Cc1ccc(N2CCC(N)C2)cc1NC(=O)CNc1ccc(F)c(F)c1.Cl.Cl.Cl. The van der Waals surface area contributed by atoms with Crippen molar-refractivity contribution in [1.82, 2.24) is 0 Å². The topological polar surface area (TPSA) is 70.4 Å². The zero-order chi connectivity index (χ0) is 18.7. The second-order valence-electron chi connectivity index (χ2n) is 6.52. The largest absolute Gasteiger partial charge is 0.376 e. The smallest absolute Gasteiger partial charge is 0.243 e. The Kier molecular flexibility index (Phi) is 11.3. The van der Waals surface area contributed by atoms with Crippen LogP contribution in [0.4, 0.5) is 25.8 Å². The molecule has 1 atom stereocenters. The predicted octanol–water partition coefficient (Wildman–Crippen LogP) is 4.13. The standard InChI is InChI=1S/C19H22F2N4O.3ClH/c1-12-2-4-15(25-7-6-13(22)11-25)9-18(12)24-19(26)10-23-14-3-5-16(20)17(21)8-14;;;/h2-5,8-9,13,23H,6-7,10-11,22H2,1H3,(H,24,26);3*1H. The summed E-state index contributed by atoms with van der Waals surface area (Å²) in [5.41, 5.74) is 8.99. The number of rotatable bonds is 5. The summed E-state index contributed by atoms with van der Waals surface area (Å²) in [4.78, 5) is 14.4. The molecule has 0 aliphatic carbocycles. The van der Waals surface area contributed by atoms with Crippen molar-refractivity contribution in [3.63, 3.8) is 0 Å². The van der Waals surface area contributed by atoms with E-state index in [4.69, 9.17) is 5.73 Å². The van der Waals surface area contributed by atoms with Gasteiger partial charge in [-0.2, -0.15) is 0 Å². The quantitative estimate of drug-likeness (QED) is 0.616. The summed E-state index contributed by atoms with van der Waals surface area (Å²) in [5.74, 6) is -2.15. The van der Waals surface area contributed by atoms with Crippen LogP contribution < -0.4 is 21.3 Å². The van der Waals surface area contributed by atoms with Crippen LogP contribution in [0.5, 0.6) is 0 Å². The number of nitrogens with zero attached hydrogens (tertiary/aromatic N) is 1.